The van der Waals surface area contributed by atoms with Crippen LogP contribution in [0.25, 0.3) is 38.5 Å². The minimum Gasteiger partial charge on any atom is -0.506 e. The standard InChI is InChI=1S/C28H19N5O/c29-19-11-13-23-25(16-19)33(21-7-2-1-3-8-21)26-17-20(12-14-24(26)30-23)31-32-28-22-9-5-4-6-18(22)10-15-27(28)34/h1-17H,(H2,29,31,34)/p+1. The molecular formula is C28H20N5O+. The van der Waals surface area contributed by atoms with Crippen LogP contribution in [-0.4, -0.2) is 10.1 Å². The summed E-state index contributed by atoms with van der Waals surface area (Å²) in [6.07, 6.45) is 0. The van der Waals surface area contributed by atoms with Crippen molar-refractivity contribution >= 4 is 49.9 Å². The number of aromatic nitrogens is 2. The molecular weight excluding hydrogens is 422 g/mol. The van der Waals surface area contributed by atoms with E-state index in [1.54, 1.807) is 6.07 Å². The molecule has 0 atom stereocenters. The average molecular weight is 443 g/mol. The Morgan fingerprint density at radius 1 is 0.706 bits per heavy atom. The third-order valence-corrected chi connectivity index (χ3v) is 5.84. The molecule has 162 valence electrons. The number of nitrogen functional groups attached to an aromatic ring is 1. The lowest BCUT2D eigenvalue weighted by molar-refractivity contribution is -0.538. The lowest BCUT2D eigenvalue weighted by Crippen LogP contribution is -2.33. The Morgan fingerprint density at radius 3 is 2.29 bits per heavy atom. The maximum Gasteiger partial charge on any atom is 0.239 e. The number of rotatable bonds is 3. The molecule has 34 heavy (non-hydrogen) atoms. The summed E-state index contributed by atoms with van der Waals surface area (Å²) in [6.45, 7) is 0. The topological polar surface area (TPSA) is 87.7 Å². The Kier molecular flexibility index (Phi) is 4.63. The molecule has 0 spiro atoms. The van der Waals surface area contributed by atoms with Crippen molar-refractivity contribution in [2.45, 2.75) is 0 Å². The van der Waals surface area contributed by atoms with E-state index in [0.717, 1.165) is 38.5 Å². The van der Waals surface area contributed by atoms with E-state index < -0.39 is 0 Å². The van der Waals surface area contributed by atoms with Crippen molar-refractivity contribution in [1.82, 2.24) is 4.98 Å². The molecule has 0 fully saturated rings. The van der Waals surface area contributed by atoms with Crippen LogP contribution >= 0.6 is 0 Å². The number of phenolic OH excluding ortho intramolecular Hbond substituents is 1. The maximum absolute atomic E-state index is 10.4. The van der Waals surface area contributed by atoms with E-state index in [1.807, 2.05) is 97.1 Å². The van der Waals surface area contributed by atoms with E-state index in [0.29, 0.717) is 17.1 Å². The monoisotopic (exact) mass is 442 g/mol. The van der Waals surface area contributed by atoms with Gasteiger partial charge in [0.15, 0.2) is 0 Å². The van der Waals surface area contributed by atoms with Gasteiger partial charge in [-0.25, -0.2) is 4.98 Å². The summed E-state index contributed by atoms with van der Waals surface area (Å²) in [4.78, 5) is 4.83. The molecule has 0 radical (unpaired) electrons. The number of hydrogen-bond acceptors (Lipinski definition) is 5. The molecule has 1 aromatic heterocycles. The van der Waals surface area contributed by atoms with Crippen molar-refractivity contribution < 1.29 is 9.67 Å². The van der Waals surface area contributed by atoms with Crippen LogP contribution in [-0.2, 0) is 0 Å². The van der Waals surface area contributed by atoms with Gasteiger partial charge in [0, 0.05) is 35.3 Å². The molecule has 6 heteroatoms. The molecule has 0 saturated heterocycles. The highest BCUT2D eigenvalue weighted by Crippen LogP contribution is 2.36. The first-order chi connectivity index (χ1) is 16.7. The summed E-state index contributed by atoms with van der Waals surface area (Å²) in [6, 6.07) is 32.8. The molecule has 0 bridgehead atoms. The molecule has 0 aliphatic heterocycles. The number of para-hydroxylation sites is 1. The van der Waals surface area contributed by atoms with E-state index in [4.69, 9.17) is 10.7 Å². The number of nitrogens with zero attached hydrogens (tertiary/aromatic N) is 4. The van der Waals surface area contributed by atoms with Crippen LogP contribution in [0.1, 0.15) is 0 Å². The number of hydrogen-bond donors (Lipinski definition) is 2. The van der Waals surface area contributed by atoms with E-state index in [-0.39, 0.29) is 5.75 Å². The molecule has 5 aromatic carbocycles. The predicted molar refractivity (Wildman–Crippen MR) is 135 cm³/mol. The molecule has 0 amide bonds. The van der Waals surface area contributed by atoms with Gasteiger partial charge in [-0.15, -0.1) is 9.68 Å². The fraction of sp³-hybridized carbons (Fsp3) is 0. The van der Waals surface area contributed by atoms with E-state index in [1.165, 1.54) is 0 Å². The van der Waals surface area contributed by atoms with E-state index in [9.17, 15) is 5.11 Å². The van der Waals surface area contributed by atoms with Gasteiger partial charge in [0.1, 0.15) is 22.5 Å². The first-order valence-corrected chi connectivity index (χ1v) is 10.9. The summed E-state index contributed by atoms with van der Waals surface area (Å²) >= 11 is 0. The fourth-order valence-corrected chi connectivity index (χ4v) is 4.23. The number of phenols is 1. The highest BCUT2D eigenvalue weighted by Gasteiger charge is 2.20. The zero-order valence-electron chi connectivity index (χ0n) is 18.1. The smallest absolute Gasteiger partial charge is 0.239 e. The number of nitrogens with two attached hydrogens (primary N) is 1. The second-order valence-corrected chi connectivity index (χ2v) is 8.06. The first-order valence-electron chi connectivity index (χ1n) is 10.9. The van der Waals surface area contributed by atoms with Crippen molar-refractivity contribution in [2.24, 2.45) is 10.2 Å². The number of anilines is 1. The summed E-state index contributed by atoms with van der Waals surface area (Å²) in [5.74, 6) is 0.0886. The van der Waals surface area contributed by atoms with Crippen LogP contribution in [0.4, 0.5) is 17.1 Å². The molecule has 0 aliphatic rings. The van der Waals surface area contributed by atoms with Crippen LogP contribution in [0, 0.1) is 0 Å². The molecule has 0 saturated carbocycles. The van der Waals surface area contributed by atoms with Gasteiger partial charge in [0.05, 0.1) is 5.69 Å². The summed E-state index contributed by atoms with van der Waals surface area (Å²) < 4.78 is 2.13. The van der Waals surface area contributed by atoms with Crippen molar-refractivity contribution in [3.63, 3.8) is 0 Å². The largest absolute Gasteiger partial charge is 0.506 e. The van der Waals surface area contributed by atoms with Crippen molar-refractivity contribution in [1.29, 1.82) is 0 Å². The van der Waals surface area contributed by atoms with Crippen LogP contribution in [0.15, 0.2) is 113 Å². The molecule has 0 aliphatic carbocycles. The lowest BCUT2D eigenvalue weighted by Gasteiger charge is -2.06. The zero-order chi connectivity index (χ0) is 23.1. The molecule has 1 heterocycles. The van der Waals surface area contributed by atoms with E-state index in [2.05, 4.69) is 14.8 Å². The molecule has 6 rings (SSSR count). The summed E-state index contributed by atoms with van der Waals surface area (Å²) in [5.41, 5.74) is 12.3. The third kappa shape index (κ3) is 3.38. The van der Waals surface area contributed by atoms with Crippen LogP contribution in [0.3, 0.4) is 0 Å². The SMILES string of the molecule is Nc1ccc2nc3ccc(N=Nc4c(O)ccc5ccccc45)cc3[n+](-c3ccccc3)c2c1. The quantitative estimate of drug-likeness (QED) is 0.141. The highest BCUT2D eigenvalue weighted by molar-refractivity contribution is 5.95. The van der Waals surface area contributed by atoms with Gasteiger partial charge in [-0.3, -0.25) is 0 Å². The van der Waals surface area contributed by atoms with Gasteiger partial charge in [-0.2, -0.15) is 5.11 Å². The predicted octanol–water partition coefficient (Wildman–Crippen LogP) is 6.52. The van der Waals surface area contributed by atoms with Gasteiger partial charge in [-0.1, -0.05) is 48.5 Å². The molecule has 3 N–H and O–H groups in total. The van der Waals surface area contributed by atoms with Crippen molar-refractivity contribution in [2.75, 3.05) is 5.73 Å². The molecule has 6 nitrogen and oxygen atoms in total. The highest BCUT2D eigenvalue weighted by atomic mass is 16.3. The second-order valence-electron chi connectivity index (χ2n) is 8.06. The third-order valence-electron chi connectivity index (χ3n) is 5.84. The van der Waals surface area contributed by atoms with Crippen molar-refractivity contribution in [3.05, 3.63) is 103 Å². The van der Waals surface area contributed by atoms with Crippen LogP contribution in [0.5, 0.6) is 5.75 Å². The van der Waals surface area contributed by atoms with Gasteiger partial charge >= 0.3 is 0 Å². The Hall–Kier alpha value is -4.84. The minimum absolute atomic E-state index is 0.0886. The van der Waals surface area contributed by atoms with Gasteiger partial charge in [0.2, 0.25) is 16.7 Å². The van der Waals surface area contributed by atoms with E-state index >= 15 is 0 Å². The molecule has 6 aromatic rings. The normalized spacial score (nSPS) is 11.6. The number of aromatic hydroxyl groups is 1. The Morgan fingerprint density at radius 2 is 1.44 bits per heavy atom. The van der Waals surface area contributed by atoms with Gasteiger partial charge in [0.25, 0.3) is 0 Å². The minimum atomic E-state index is 0.0886. The Bertz CT molecular complexity index is 1730. The summed E-state index contributed by atoms with van der Waals surface area (Å²) in [5, 5.41) is 21.1. The van der Waals surface area contributed by atoms with Gasteiger partial charge < -0.3 is 10.8 Å². The number of benzene rings is 5. The Labute approximate surface area is 195 Å². The number of azo groups is 1. The fourth-order valence-electron chi connectivity index (χ4n) is 4.23. The number of fused-ring (bicyclic) bond motifs is 3. The maximum atomic E-state index is 10.4. The summed E-state index contributed by atoms with van der Waals surface area (Å²) in [7, 11) is 0. The van der Waals surface area contributed by atoms with Gasteiger partial charge in [-0.05, 0) is 35.7 Å². The van der Waals surface area contributed by atoms with Crippen LogP contribution in [0.2, 0.25) is 0 Å². The van der Waals surface area contributed by atoms with Crippen LogP contribution < -0.4 is 10.3 Å². The molecule has 0 unspecified atom stereocenters. The zero-order valence-corrected chi connectivity index (χ0v) is 18.1. The van der Waals surface area contributed by atoms with Crippen molar-refractivity contribution in [3.8, 4) is 11.4 Å². The second kappa shape index (κ2) is 7.94. The average Bonchev–Trinajstić information content (AvgIpc) is 2.87. The first kappa shape index (κ1) is 19.8. The lowest BCUT2D eigenvalue weighted by atomic mass is 10.1. The Balaban J connectivity index is 1.56.